The summed E-state index contributed by atoms with van der Waals surface area (Å²) in [6.45, 7) is 6.49. The number of amides is 1. The van der Waals surface area contributed by atoms with Gasteiger partial charge in [0, 0.05) is 25.2 Å². The minimum Gasteiger partial charge on any atom is -0.478 e. The Morgan fingerprint density at radius 2 is 2.17 bits per heavy atom. The molecule has 2 rings (SSSR count). The maximum Gasteiger partial charge on any atom is 0.410 e. The first-order valence-corrected chi connectivity index (χ1v) is 7.92. The molecule has 1 saturated heterocycles. The molecule has 0 saturated carbocycles. The van der Waals surface area contributed by atoms with Gasteiger partial charge in [0.2, 0.25) is 0 Å². The van der Waals surface area contributed by atoms with Crippen LogP contribution in [0.4, 0.5) is 4.79 Å². The highest BCUT2D eigenvalue weighted by atomic mass is 35.5. The van der Waals surface area contributed by atoms with Crippen molar-refractivity contribution in [2.45, 2.75) is 32.8 Å². The third kappa shape index (κ3) is 4.87. The Hall–Kier alpha value is -2.26. The van der Waals surface area contributed by atoms with Crippen LogP contribution in [0.15, 0.2) is 12.3 Å². The first-order valence-electron chi connectivity index (χ1n) is 7.54. The van der Waals surface area contributed by atoms with Gasteiger partial charge in [-0.25, -0.2) is 14.6 Å². The van der Waals surface area contributed by atoms with Crippen molar-refractivity contribution in [1.82, 2.24) is 9.88 Å². The predicted octanol–water partition coefficient (Wildman–Crippen LogP) is 3.04. The van der Waals surface area contributed by atoms with Gasteiger partial charge in [-0.15, -0.1) is 0 Å². The second-order valence-corrected chi connectivity index (χ2v) is 6.93. The number of carboxylic acid groups (broad SMARTS) is 1. The molecule has 1 aliphatic heterocycles. The number of rotatable bonds is 1. The van der Waals surface area contributed by atoms with Crippen LogP contribution in [0.5, 0.6) is 0 Å². The lowest BCUT2D eigenvalue weighted by molar-refractivity contribution is 0.0291. The highest BCUT2D eigenvalue weighted by molar-refractivity contribution is 6.29. The largest absolute Gasteiger partial charge is 0.478 e. The minimum atomic E-state index is -1.11. The van der Waals surface area contributed by atoms with Crippen molar-refractivity contribution in [3.8, 4) is 11.8 Å². The van der Waals surface area contributed by atoms with E-state index in [-0.39, 0.29) is 22.7 Å². The number of hydrogen-bond acceptors (Lipinski definition) is 4. The van der Waals surface area contributed by atoms with E-state index >= 15 is 0 Å². The summed E-state index contributed by atoms with van der Waals surface area (Å²) in [6, 6.07) is 1.27. The molecule has 1 amide bonds. The molecule has 6 nitrogen and oxygen atoms in total. The normalized spacial score (nSPS) is 17.2. The molecule has 24 heavy (non-hydrogen) atoms. The number of likely N-dealkylation sites (tertiary alicyclic amines) is 1. The third-order valence-electron chi connectivity index (χ3n) is 3.35. The van der Waals surface area contributed by atoms with E-state index in [9.17, 15) is 14.7 Å². The molecular formula is C17H19ClN2O4. The first-order chi connectivity index (χ1) is 11.2. The van der Waals surface area contributed by atoms with E-state index < -0.39 is 11.6 Å². The summed E-state index contributed by atoms with van der Waals surface area (Å²) in [4.78, 5) is 28.7. The summed E-state index contributed by atoms with van der Waals surface area (Å²) < 4.78 is 5.33. The van der Waals surface area contributed by atoms with E-state index in [1.54, 1.807) is 4.90 Å². The number of carboxylic acids is 1. The van der Waals surface area contributed by atoms with Gasteiger partial charge in [0.05, 0.1) is 11.1 Å². The average molecular weight is 351 g/mol. The van der Waals surface area contributed by atoms with Gasteiger partial charge in [-0.3, -0.25) is 0 Å². The van der Waals surface area contributed by atoms with Crippen LogP contribution >= 0.6 is 11.6 Å². The standard InChI is InChI=1S/C17H19ClN2O4/c1-17(2,3)24-16(23)20-7-6-11(10-20)4-5-12-9-19-14(18)8-13(12)15(21)22/h8-9,11H,6-7,10H2,1-3H3,(H,21,22). The highest BCUT2D eigenvalue weighted by Gasteiger charge is 2.28. The highest BCUT2D eigenvalue weighted by Crippen LogP contribution is 2.19. The summed E-state index contributed by atoms with van der Waals surface area (Å²) in [7, 11) is 0. The van der Waals surface area contributed by atoms with Crippen molar-refractivity contribution in [3.63, 3.8) is 0 Å². The molecule has 0 aromatic carbocycles. The number of nitrogens with zero attached hydrogens (tertiary/aromatic N) is 2. The minimum absolute atomic E-state index is 0.0181. The molecule has 1 unspecified atom stereocenters. The van der Waals surface area contributed by atoms with Crippen LogP contribution in [-0.4, -0.2) is 45.7 Å². The Balaban J connectivity index is 2.06. The molecule has 0 radical (unpaired) electrons. The molecule has 1 aromatic rings. The zero-order chi connectivity index (χ0) is 17.9. The number of aromatic carboxylic acids is 1. The lowest BCUT2D eigenvalue weighted by Crippen LogP contribution is -2.35. The Bertz CT molecular complexity index is 716. The fourth-order valence-corrected chi connectivity index (χ4v) is 2.41. The number of carbonyl (C=O) groups is 2. The van der Waals surface area contributed by atoms with Crippen LogP contribution in [0.2, 0.25) is 5.15 Å². The summed E-state index contributed by atoms with van der Waals surface area (Å²) in [5.41, 5.74) is -0.209. The SMILES string of the molecule is CC(C)(C)OC(=O)N1CCC(C#Cc2cnc(Cl)cc2C(=O)O)C1. The van der Waals surface area contributed by atoms with Gasteiger partial charge in [-0.2, -0.15) is 0 Å². The van der Waals surface area contributed by atoms with Crippen molar-refractivity contribution in [2.75, 3.05) is 13.1 Å². The number of carbonyl (C=O) groups excluding carboxylic acids is 1. The Labute approximate surface area is 145 Å². The van der Waals surface area contributed by atoms with E-state index in [2.05, 4.69) is 16.8 Å². The zero-order valence-corrected chi connectivity index (χ0v) is 14.6. The molecule has 1 atom stereocenters. The van der Waals surface area contributed by atoms with Gasteiger partial charge in [0.15, 0.2) is 0 Å². The topological polar surface area (TPSA) is 79.7 Å². The number of ether oxygens (including phenoxy) is 1. The first kappa shape index (κ1) is 18.1. The fraction of sp³-hybridized carbons (Fsp3) is 0.471. The van der Waals surface area contributed by atoms with E-state index in [0.717, 1.165) is 6.42 Å². The van der Waals surface area contributed by atoms with Gasteiger partial charge in [-0.05, 0) is 33.3 Å². The lowest BCUT2D eigenvalue weighted by Gasteiger charge is -2.24. The summed E-state index contributed by atoms with van der Waals surface area (Å²) in [5.74, 6) is 4.72. The van der Waals surface area contributed by atoms with Crippen molar-refractivity contribution in [1.29, 1.82) is 0 Å². The molecular weight excluding hydrogens is 332 g/mol. The van der Waals surface area contributed by atoms with Gasteiger partial charge in [-0.1, -0.05) is 23.4 Å². The van der Waals surface area contributed by atoms with Gasteiger partial charge >= 0.3 is 12.1 Å². The van der Waals surface area contributed by atoms with Gasteiger partial charge < -0.3 is 14.7 Å². The zero-order valence-electron chi connectivity index (χ0n) is 13.8. The lowest BCUT2D eigenvalue weighted by atomic mass is 10.1. The molecule has 7 heteroatoms. The third-order valence-corrected chi connectivity index (χ3v) is 3.56. The van der Waals surface area contributed by atoms with Crippen LogP contribution in [0.1, 0.15) is 43.1 Å². The molecule has 1 aliphatic rings. The Kier molecular flexibility index (Phi) is 5.35. The van der Waals surface area contributed by atoms with E-state index in [4.69, 9.17) is 16.3 Å². The molecule has 1 aromatic heterocycles. The van der Waals surface area contributed by atoms with E-state index in [1.165, 1.54) is 12.3 Å². The number of hydrogen-bond donors (Lipinski definition) is 1. The van der Waals surface area contributed by atoms with Crippen LogP contribution < -0.4 is 0 Å². The molecule has 1 N–H and O–H groups in total. The molecule has 0 bridgehead atoms. The maximum absolute atomic E-state index is 12.0. The van der Waals surface area contributed by atoms with Gasteiger partial charge in [0.25, 0.3) is 0 Å². The van der Waals surface area contributed by atoms with Crippen LogP contribution in [-0.2, 0) is 4.74 Å². The second kappa shape index (κ2) is 7.10. The molecule has 128 valence electrons. The van der Waals surface area contributed by atoms with Crippen molar-refractivity contribution >= 4 is 23.7 Å². The number of halogens is 1. The molecule has 2 heterocycles. The predicted molar refractivity (Wildman–Crippen MR) is 89.0 cm³/mol. The van der Waals surface area contributed by atoms with Crippen LogP contribution in [0, 0.1) is 17.8 Å². The second-order valence-electron chi connectivity index (χ2n) is 6.54. The van der Waals surface area contributed by atoms with E-state index in [1.807, 2.05) is 20.8 Å². The Morgan fingerprint density at radius 3 is 2.79 bits per heavy atom. The van der Waals surface area contributed by atoms with E-state index in [0.29, 0.717) is 18.7 Å². The van der Waals surface area contributed by atoms with Crippen molar-refractivity contribution in [2.24, 2.45) is 5.92 Å². The molecule has 0 spiro atoms. The summed E-state index contributed by atoms with van der Waals surface area (Å²) in [6.07, 6.45) is 1.71. The van der Waals surface area contributed by atoms with Gasteiger partial charge in [0.1, 0.15) is 10.8 Å². The smallest absolute Gasteiger partial charge is 0.410 e. The number of aromatic nitrogens is 1. The fourth-order valence-electron chi connectivity index (χ4n) is 2.26. The molecule has 1 fully saturated rings. The summed E-state index contributed by atoms with van der Waals surface area (Å²) in [5, 5.41) is 9.29. The average Bonchev–Trinajstić information content (AvgIpc) is 2.93. The maximum atomic E-state index is 12.0. The number of pyridine rings is 1. The van der Waals surface area contributed by atoms with Crippen LogP contribution in [0.25, 0.3) is 0 Å². The molecule has 0 aliphatic carbocycles. The quantitative estimate of drug-likeness (QED) is 0.622. The van der Waals surface area contributed by atoms with Crippen molar-refractivity contribution < 1.29 is 19.4 Å². The van der Waals surface area contributed by atoms with Crippen molar-refractivity contribution in [3.05, 3.63) is 28.5 Å². The monoisotopic (exact) mass is 350 g/mol. The van der Waals surface area contributed by atoms with Crippen LogP contribution in [0.3, 0.4) is 0 Å². The summed E-state index contributed by atoms with van der Waals surface area (Å²) >= 11 is 5.71. The Morgan fingerprint density at radius 1 is 1.46 bits per heavy atom.